The van der Waals surface area contributed by atoms with Crippen LogP contribution in [0.15, 0.2) is 0 Å². The standard InChI is InChI=1S/C10H18F3NO2S/c11-10(12,13)5-8-17(15,16)7-2-4-9-3-1-6-14-9/h9,14H,1-8H2. The molecule has 0 spiro atoms. The number of rotatable bonds is 6. The van der Waals surface area contributed by atoms with E-state index in [0.29, 0.717) is 12.5 Å². The average molecular weight is 273 g/mol. The van der Waals surface area contributed by atoms with E-state index in [9.17, 15) is 21.6 Å². The second-order valence-electron chi connectivity index (χ2n) is 4.45. The Hall–Kier alpha value is -0.300. The van der Waals surface area contributed by atoms with Crippen LogP contribution in [0.5, 0.6) is 0 Å². The molecule has 1 saturated heterocycles. The van der Waals surface area contributed by atoms with Gasteiger partial charge in [-0.05, 0) is 32.2 Å². The molecule has 1 fully saturated rings. The Balaban J connectivity index is 2.20. The van der Waals surface area contributed by atoms with Crippen LogP contribution < -0.4 is 5.32 Å². The molecule has 0 radical (unpaired) electrons. The summed E-state index contributed by atoms with van der Waals surface area (Å²) < 4.78 is 58.3. The van der Waals surface area contributed by atoms with Crippen molar-refractivity contribution in [3.8, 4) is 0 Å². The van der Waals surface area contributed by atoms with Crippen LogP contribution in [-0.4, -0.2) is 38.7 Å². The van der Waals surface area contributed by atoms with Crippen LogP contribution in [0.25, 0.3) is 0 Å². The van der Waals surface area contributed by atoms with E-state index in [2.05, 4.69) is 5.32 Å². The highest BCUT2D eigenvalue weighted by Crippen LogP contribution is 2.20. The Kier molecular flexibility index (Phi) is 5.24. The van der Waals surface area contributed by atoms with E-state index in [0.717, 1.165) is 25.8 Å². The van der Waals surface area contributed by atoms with Gasteiger partial charge in [-0.15, -0.1) is 0 Å². The maximum atomic E-state index is 11.9. The fraction of sp³-hybridized carbons (Fsp3) is 1.00. The van der Waals surface area contributed by atoms with E-state index < -0.39 is 28.2 Å². The van der Waals surface area contributed by atoms with Gasteiger partial charge in [-0.2, -0.15) is 13.2 Å². The minimum Gasteiger partial charge on any atom is -0.314 e. The average Bonchev–Trinajstić information content (AvgIpc) is 2.67. The van der Waals surface area contributed by atoms with Gasteiger partial charge < -0.3 is 5.32 Å². The van der Waals surface area contributed by atoms with Crippen molar-refractivity contribution in [3.05, 3.63) is 0 Å². The lowest BCUT2D eigenvalue weighted by molar-refractivity contribution is -0.129. The van der Waals surface area contributed by atoms with E-state index in [4.69, 9.17) is 0 Å². The van der Waals surface area contributed by atoms with Gasteiger partial charge in [-0.3, -0.25) is 0 Å². The third-order valence-electron chi connectivity index (χ3n) is 2.87. The Labute approximate surface area is 99.7 Å². The monoisotopic (exact) mass is 273 g/mol. The number of sulfone groups is 1. The second kappa shape index (κ2) is 6.04. The summed E-state index contributed by atoms with van der Waals surface area (Å²) in [7, 11) is -3.55. The van der Waals surface area contributed by atoms with E-state index in [-0.39, 0.29) is 5.75 Å². The maximum Gasteiger partial charge on any atom is 0.390 e. The topological polar surface area (TPSA) is 46.2 Å². The summed E-state index contributed by atoms with van der Waals surface area (Å²) in [6.07, 6.45) is -2.34. The van der Waals surface area contributed by atoms with Gasteiger partial charge in [0.1, 0.15) is 0 Å². The maximum absolute atomic E-state index is 11.9. The molecule has 102 valence electrons. The molecule has 0 aromatic carbocycles. The van der Waals surface area contributed by atoms with E-state index in [1.807, 2.05) is 0 Å². The molecule has 0 bridgehead atoms. The van der Waals surface area contributed by atoms with Gasteiger partial charge in [0.2, 0.25) is 0 Å². The van der Waals surface area contributed by atoms with Crippen LogP contribution in [0.3, 0.4) is 0 Å². The third-order valence-corrected chi connectivity index (χ3v) is 4.60. The molecule has 1 atom stereocenters. The van der Waals surface area contributed by atoms with Gasteiger partial charge in [0.05, 0.1) is 17.9 Å². The molecule has 1 rings (SSSR count). The van der Waals surface area contributed by atoms with Crippen LogP contribution in [-0.2, 0) is 9.84 Å². The summed E-state index contributed by atoms with van der Waals surface area (Å²) in [5.41, 5.74) is 0. The number of halogens is 3. The van der Waals surface area contributed by atoms with Crippen molar-refractivity contribution in [2.75, 3.05) is 18.1 Å². The van der Waals surface area contributed by atoms with Gasteiger partial charge in [-0.1, -0.05) is 0 Å². The first kappa shape index (κ1) is 14.8. The number of alkyl halides is 3. The van der Waals surface area contributed by atoms with Crippen LogP contribution in [0, 0.1) is 0 Å². The molecule has 1 heterocycles. The number of hydrogen-bond donors (Lipinski definition) is 1. The first-order chi connectivity index (χ1) is 7.79. The summed E-state index contributed by atoms with van der Waals surface area (Å²) >= 11 is 0. The smallest absolute Gasteiger partial charge is 0.314 e. The summed E-state index contributed by atoms with van der Waals surface area (Å²) in [4.78, 5) is 0. The first-order valence-electron chi connectivity index (χ1n) is 5.79. The van der Waals surface area contributed by atoms with Crippen molar-refractivity contribution < 1.29 is 21.6 Å². The van der Waals surface area contributed by atoms with E-state index >= 15 is 0 Å². The molecule has 1 unspecified atom stereocenters. The molecule has 7 heteroatoms. The first-order valence-corrected chi connectivity index (χ1v) is 7.61. The minimum absolute atomic E-state index is 0.138. The molecule has 3 nitrogen and oxygen atoms in total. The Bertz CT molecular complexity index is 321. The molecule has 0 aliphatic carbocycles. The van der Waals surface area contributed by atoms with Crippen molar-refractivity contribution >= 4 is 9.84 Å². The zero-order valence-electron chi connectivity index (χ0n) is 9.59. The molecular formula is C10H18F3NO2S. The lowest BCUT2D eigenvalue weighted by Gasteiger charge is -2.10. The second-order valence-corrected chi connectivity index (χ2v) is 6.76. The molecule has 0 amide bonds. The fourth-order valence-corrected chi connectivity index (χ4v) is 3.28. The SMILES string of the molecule is O=S(=O)(CCCC1CCCN1)CCC(F)(F)F. The Morgan fingerprint density at radius 1 is 1.24 bits per heavy atom. The molecule has 1 aliphatic heterocycles. The van der Waals surface area contributed by atoms with Gasteiger partial charge in [0.25, 0.3) is 0 Å². The van der Waals surface area contributed by atoms with E-state index in [1.165, 1.54) is 0 Å². The quantitative estimate of drug-likeness (QED) is 0.804. The minimum atomic E-state index is -4.39. The zero-order chi connectivity index (χ0) is 12.9. The summed E-state index contributed by atoms with van der Waals surface area (Å²) in [5.74, 6) is -0.921. The lowest BCUT2D eigenvalue weighted by atomic mass is 10.1. The molecule has 0 saturated carbocycles. The van der Waals surface area contributed by atoms with Crippen LogP contribution in [0.2, 0.25) is 0 Å². The van der Waals surface area contributed by atoms with Gasteiger partial charge in [0.15, 0.2) is 9.84 Å². The molecule has 0 aromatic heterocycles. The number of nitrogens with one attached hydrogen (secondary N) is 1. The van der Waals surface area contributed by atoms with Crippen molar-refractivity contribution in [2.45, 2.75) is 44.3 Å². The molecule has 1 N–H and O–H groups in total. The largest absolute Gasteiger partial charge is 0.390 e. The van der Waals surface area contributed by atoms with Crippen LogP contribution >= 0.6 is 0 Å². The van der Waals surface area contributed by atoms with E-state index in [1.54, 1.807) is 0 Å². The Morgan fingerprint density at radius 2 is 1.94 bits per heavy atom. The van der Waals surface area contributed by atoms with Gasteiger partial charge in [-0.25, -0.2) is 8.42 Å². The molecule has 17 heavy (non-hydrogen) atoms. The fourth-order valence-electron chi connectivity index (χ4n) is 1.93. The summed E-state index contributed by atoms with van der Waals surface area (Å²) in [5, 5.41) is 3.22. The predicted octanol–water partition coefficient (Wildman–Crippen LogP) is 1.89. The Morgan fingerprint density at radius 3 is 2.47 bits per heavy atom. The van der Waals surface area contributed by atoms with Crippen molar-refractivity contribution in [2.24, 2.45) is 0 Å². The third kappa shape index (κ3) is 6.88. The van der Waals surface area contributed by atoms with Crippen LogP contribution in [0.1, 0.15) is 32.1 Å². The van der Waals surface area contributed by atoms with Gasteiger partial charge in [0, 0.05) is 6.04 Å². The van der Waals surface area contributed by atoms with Crippen molar-refractivity contribution in [3.63, 3.8) is 0 Å². The normalized spacial score (nSPS) is 21.9. The van der Waals surface area contributed by atoms with Gasteiger partial charge >= 0.3 is 6.18 Å². The highest BCUT2D eigenvalue weighted by Gasteiger charge is 2.29. The molecular weight excluding hydrogens is 255 g/mol. The summed E-state index contributed by atoms with van der Waals surface area (Å²) in [6, 6.07) is 0.341. The number of hydrogen-bond acceptors (Lipinski definition) is 3. The predicted molar refractivity (Wildman–Crippen MR) is 59.6 cm³/mol. The molecule has 0 aromatic rings. The van der Waals surface area contributed by atoms with Crippen molar-refractivity contribution in [1.29, 1.82) is 0 Å². The molecule has 1 aliphatic rings. The van der Waals surface area contributed by atoms with Crippen molar-refractivity contribution in [1.82, 2.24) is 5.32 Å². The zero-order valence-corrected chi connectivity index (χ0v) is 10.4. The summed E-state index contributed by atoms with van der Waals surface area (Å²) in [6.45, 7) is 0.950. The van der Waals surface area contributed by atoms with Crippen LogP contribution in [0.4, 0.5) is 13.2 Å². The lowest BCUT2D eigenvalue weighted by Crippen LogP contribution is -2.23. The highest BCUT2D eigenvalue weighted by atomic mass is 32.2. The highest BCUT2D eigenvalue weighted by molar-refractivity contribution is 7.91.